The number of amides is 1. The summed E-state index contributed by atoms with van der Waals surface area (Å²) in [6.45, 7) is 2.15. The number of anilines is 3. The zero-order chi connectivity index (χ0) is 19.9. The average Bonchev–Trinajstić information content (AvgIpc) is 2.79. The monoisotopic (exact) mass is 389 g/mol. The van der Waals surface area contributed by atoms with Gasteiger partial charge in [0.05, 0.1) is 0 Å². The zero-order valence-corrected chi connectivity index (χ0v) is 16.0. The van der Waals surface area contributed by atoms with Crippen molar-refractivity contribution in [3.63, 3.8) is 0 Å². The summed E-state index contributed by atoms with van der Waals surface area (Å²) in [5.74, 6) is 2.29. The van der Waals surface area contributed by atoms with E-state index in [9.17, 15) is 4.79 Å². The molecule has 8 nitrogen and oxygen atoms in total. The van der Waals surface area contributed by atoms with Crippen molar-refractivity contribution in [1.82, 2.24) is 25.5 Å². The van der Waals surface area contributed by atoms with E-state index in [-0.39, 0.29) is 11.8 Å². The summed E-state index contributed by atoms with van der Waals surface area (Å²) in [6, 6.07) is 15.6. The van der Waals surface area contributed by atoms with E-state index >= 15 is 0 Å². The minimum atomic E-state index is 0.0432. The molecule has 29 heavy (non-hydrogen) atoms. The Morgan fingerprint density at radius 3 is 2.52 bits per heavy atom. The van der Waals surface area contributed by atoms with E-state index in [0.29, 0.717) is 18.2 Å². The number of nitrogens with zero attached hydrogens (tertiary/aromatic N) is 5. The van der Waals surface area contributed by atoms with Crippen LogP contribution in [-0.2, 0) is 11.3 Å². The van der Waals surface area contributed by atoms with Gasteiger partial charge in [-0.25, -0.2) is 9.97 Å². The molecule has 1 amide bonds. The number of benzene rings is 1. The highest BCUT2D eigenvalue weighted by Gasteiger charge is 2.25. The van der Waals surface area contributed by atoms with Gasteiger partial charge in [0.1, 0.15) is 12.1 Å². The molecule has 2 aromatic heterocycles. The van der Waals surface area contributed by atoms with Gasteiger partial charge in [-0.05, 0) is 36.6 Å². The maximum atomic E-state index is 12.5. The molecule has 3 heterocycles. The molecule has 8 heteroatoms. The van der Waals surface area contributed by atoms with Crippen molar-refractivity contribution >= 4 is 23.4 Å². The van der Waals surface area contributed by atoms with Gasteiger partial charge < -0.3 is 15.5 Å². The fourth-order valence-electron chi connectivity index (χ4n) is 3.36. The van der Waals surface area contributed by atoms with Crippen LogP contribution in [0.15, 0.2) is 61.1 Å². The van der Waals surface area contributed by atoms with Crippen molar-refractivity contribution in [2.24, 2.45) is 5.92 Å². The van der Waals surface area contributed by atoms with Crippen molar-refractivity contribution < 1.29 is 4.79 Å². The van der Waals surface area contributed by atoms with E-state index in [1.807, 2.05) is 42.5 Å². The van der Waals surface area contributed by atoms with Crippen molar-refractivity contribution in [2.45, 2.75) is 19.4 Å². The number of rotatable bonds is 6. The molecular weight excluding hydrogens is 366 g/mol. The van der Waals surface area contributed by atoms with Crippen LogP contribution < -0.4 is 15.5 Å². The molecule has 1 fully saturated rings. The van der Waals surface area contributed by atoms with Crippen molar-refractivity contribution in [1.29, 1.82) is 0 Å². The molecule has 1 aliphatic rings. The van der Waals surface area contributed by atoms with Gasteiger partial charge in [0.25, 0.3) is 0 Å². The summed E-state index contributed by atoms with van der Waals surface area (Å²) in [4.78, 5) is 22.6. The topological polar surface area (TPSA) is 95.9 Å². The lowest BCUT2D eigenvalue weighted by Crippen LogP contribution is -2.40. The van der Waals surface area contributed by atoms with Crippen LogP contribution in [0.4, 0.5) is 17.5 Å². The van der Waals surface area contributed by atoms with Crippen LogP contribution in [0.3, 0.4) is 0 Å². The number of nitrogens with one attached hydrogen (secondary N) is 2. The smallest absolute Gasteiger partial charge is 0.223 e. The average molecular weight is 389 g/mol. The Labute approximate surface area is 169 Å². The summed E-state index contributed by atoms with van der Waals surface area (Å²) in [7, 11) is 0. The third-order valence-electron chi connectivity index (χ3n) is 4.99. The van der Waals surface area contributed by atoms with Gasteiger partial charge in [-0.2, -0.15) is 0 Å². The lowest BCUT2D eigenvalue weighted by molar-refractivity contribution is -0.125. The summed E-state index contributed by atoms with van der Waals surface area (Å²) >= 11 is 0. The summed E-state index contributed by atoms with van der Waals surface area (Å²) in [6.07, 6.45) is 4.76. The molecule has 148 valence electrons. The first kappa shape index (κ1) is 18.8. The van der Waals surface area contributed by atoms with Gasteiger partial charge in [-0.15, -0.1) is 10.2 Å². The molecular formula is C21H23N7O. The lowest BCUT2D eigenvalue weighted by atomic mass is 9.96. The molecule has 0 saturated carbocycles. The van der Waals surface area contributed by atoms with Gasteiger partial charge >= 0.3 is 0 Å². The summed E-state index contributed by atoms with van der Waals surface area (Å²) in [5, 5.41) is 14.7. The number of hydrogen-bond acceptors (Lipinski definition) is 7. The third-order valence-corrected chi connectivity index (χ3v) is 4.99. The Morgan fingerprint density at radius 1 is 1.00 bits per heavy atom. The first-order valence-corrected chi connectivity index (χ1v) is 9.71. The Kier molecular flexibility index (Phi) is 5.89. The zero-order valence-electron chi connectivity index (χ0n) is 16.0. The minimum Gasteiger partial charge on any atom is -0.355 e. The fraction of sp³-hybridized carbons (Fsp3) is 0.286. The Bertz CT molecular complexity index is 911. The van der Waals surface area contributed by atoms with E-state index in [1.165, 1.54) is 6.33 Å². The lowest BCUT2D eigenvalue weighted by Gasteiger charge is -2.31. The highest BCUT2D eigenvalue weighted by molar-refractivity contribution is 5.79. The Hall–Kier alpha value is -3.55. The molecule has 0 atom stereocenters. The molecule has 0 bridgehead atoms. The van der Waals surface area contributed by atoms with E-state index in [1.54, 1.807) is 12.3 Å². The first-order chi connectivity index (χ1) is 14.3. The molecule has 0 spiro atoms. The van der Waals surface area contributed by atoms with Crippen molar-refractivity contribution in [3.8, 4) is 0 Å². The van der Waals surface area contributed by atoms with Gasteiger partial charge in [-0.1, -0.05) is 30.3 Å². The van der Waals surface area contributed by atoms with Crippen LogP contribution in [0.25, 0.3) is 0 Å². The van der Waals surface area contributed by atoms with Gasteiger partial charge in [-0.3, -0.25) is 4.79 Å². The Morgan fingerprint density at radius 2 is 1.83 bits per heavy atom. The van der Waals surface area contributed by atoms with E-state index < -0.39 is 0 Å². The number of aromatic nitrogens is 4. The number of carbonyl (C=O) groups excluding carboxylic acids is 1. The second kappa shape index (κ2) is 9.09. The predicted octanol–water partition coefficient (Wildman–Crippen LogP) is 2.54. The Balaban J connectivity index is 1.26. The maximum absolute atomic E-state index is 12.5. The number of hydrogen-bond donors (Lipinski definition) is 2. The van der Waals surface area contributed by atoms with Crippen LogP contribution in [0, 0.1) is 5.92 Å². The van der Waals surface area contributed by atoms with Crippen LogP contribution >= 0.6 is 0 Å². The molecule has 1 aliphatic heterocycles. The summed E-state index contributed by atoms with van der Waals surface area (Å²) in [5.41, 5.74) is 1.12. The van der Waals surface area contributed by atoms with Crippen molar-refractivity contribution in [2.75, 3.05) is 23.3 Å². The SMILES string of the molecule is O=C(NCc1ccccc1)C1CCN(c2ccc(Nc3ccncn3)nn2)CC1. The molecule has 4 rings (SSSR count). The fourth-order valence-corrected chi connectivity index (χ4v) is 3.36. The standard InChI is InChI=1S/C21H23N7O/c29-21(23-14-16-4-2-1-3-5-16)17-9-12-28(13-10-17)20-7-6-19(26-27-20)25-18-8-11-22-15-24-18/h1-8,11,15,17H,9-10,12-14H2,(H,23,29)(H,22,24,25,26). The molecule has 3 aromatic rings. The number of carbonyl (C=O) groups is 1. The molecule has 1 aromatic carbocycles. The van der Waals surface area contributed by atoms with Gasteiger partial charge in [0, 0.05) is 31.7 Å². The van der Waals surface area contributed by atoms with Crippen LogP contribution in [0.5, 0.6) is 0 Å². The summed E-state index contributed by atoms with van der Waals surface area (Å²) < 4.78 is 0. The second-order valence-electron chi connectivity index (χ2n) is 6.96. The normalized spacial score (nSPS) is 14.4. The highest BCUT2D eigenvalue weighted by atomic mass is 16.1. The van der Waals surface area contributed by atoms with Crippen molar-refractivity contribution in [3.05, 3.63) is 66.6 Å². The van der Waals surface area contributed by atoms with Crippen LogP contribution in [-0.4, -0.2) is 39.2 Å². The predicted molar refractivity (Wildman–Crippen MR) is 111 cm³/mol. The second-order valence-corrected chi connectivity index (χ2v) is 6.96. The molecule has 1 saturated heterocycles. The van der Waals surface area contributed by atoms with Crippen LogP contribution in [0.1, 0.15) is 18.4 Å². The first-order valence-electron chi connectivity index (χ1n) is 9.71. The molecule has 0 unspecified atom stereocenters. The quantitative estimate of drug-likeness (QED) is 0.669. The van der Waals surface area contributed by atoms with E-state index in [0.717, 1.165) is 37.3 Å². The van der Waals surface area contributed by atoms with Gasteiger partial charge in [0.2, 0.25) is 5.91 Å². The van der Waals surface area contributed by atoms with E-state index in [4.69, 9.17) is 0 Å². The maximum Gasteiger partial charge on any atom is 0.223 e. The molecule has 0 radical (unpaired) electrons. The van der Waals surface area contributed by atoms with E-state index in [2.05, 4.69) is 35.7 Å². The third kappa shape index (κ3) is 5.04. The van der Waals surface area contributed by atoms with Gasteiger partial charge in [0.15, 0.2) is 11.6 Å². The van der Waals surface area contributed by atoms with Crippen LogP contribution in [0.2, 0.25) is 0 Å². The molecule has 0 aliphatic carbocycles. The number of piperidine rings is 1. The minimum absolute atomic E-state index is 0.0432. The largest absolute Gasteiger partial charge is 0.355 e. The molecule has 2 N–H and O–H groups in total. The highest BCUT2D eigenvalue weighted by Crippen LogP contribution is 2.22.